The number of aromatic amines is 2. The largest absolute Gasteiger partial charge is 0.325 e. The predicted octanol–water partition coefficient (Wildman–Crippen LogP) is 5.15. The van der Waals surface area contributed by atoms with Crippen molar-refractivity contribution >= 4 is 33.8 Å². The lowest BCUT2D eigenvalue weighted by molar-refractivity contribution is -0.116. The minimum atomic E-state index is -0.0185. The Balaban J connectivity index is 1.37. The van der Waals surface area contributed by atoms with Crippen LogP contribution in [-0.2, 0) is 4.79 Å². The van der Waals surface area contributed by atoms with Gasteiger partial charge in [-0.1, -0.05) is 19.4 Å². The summed E-state index contributed by atoms with van der Waals surface area (Å²) >= 11 is 0. The Morgan fingerprint density at radius 2 is 1.89 bits per heavy atom. The van der Waals surface area contributed by atoms with Crippen LogP contribution in [0, 0.1) is 0 Å². The molecule has 0 aliphatic rings. The molecule has 0 fully saturated rings. The van der Waals surface area contributed by atoms with Crippen molar-refractivity contribution in [2.24, 2.45) is 0 Å². The number of anilines is 1. The first kappa shape index (κ1) is 22.5. The zero-order chi connectivity index (χ0) is 25.2. The van der Waals surface area contributed by atoms with Crippen LogP contribution in [0.25, 0.3) is 56.1 Å². The van der Waals surface area contributed by atoms with E-state index >= 15 is 0 Å². The van der Waals surface area contributed by atoms with E-state index in [0.29, 0.717) is 40.4 Å². The topological polar surface area (TPSA) is 138 Å². The van der Waals surface area contributed by atoms with Gasteiger partial charge in [-0.25, -0.2) is 15.0 Å². The third kappa shape index (κ3) is 4.40. The number of hydrogen-bond acceptors (Lipinski definition) is 7. The van der Waals surface area contributed by atoms with Crippen molar-refractivity contribution < 1.29 is 4.79 Å². The maximum absolute atomic E-state index is 12.2. The normalized spacial score (nSPS) is 11.3. The van der Waals surface area contributed by atoms with Crippen LogP contribution in [-0.4, -0.2) is 46.0 Å². The van der Waals surface area contributed by atoms with Gasteiger partial charge in [-0.3, -0.25) is 19.9 Å². The van der Waals surface area contributed by atoms with Gasteiger partial charge in [0.2, 0.25) is 5.91 Å². The number of fused-ring (bicyclic) bond motifs is 2. The van der Waals surface area contributed by atoms with Gasteiger partial charge >= 0.3 is 0 Å². The van der Waals surface area contributed by atoms with E-state index < -0.39 is 0 Å². The highest BCUT2D eigenvalue weighted by Crippen LogP contribution is 2.31. The highest BCUT2D eigenvalue weighted by atomic mass is 16.1. The molecule has 0 radical (unpaired) electrons. The maximum atomic E-state index is 12.2. The Morgan fingerprint density at radius 3 is 2.76 bits per heavy atom. The van der Waals surface area contributed by atoms with E-state index in [2.05, 4.69) is 47.4 Å². The van der Waals surface area contributed by atoms with Crippen molar-refractivity contribution in [2.45, 2.75) is 26.2 Å². The van der Waals surface area contributed by atoms with E-state index in [1.807, 2.05) is 36.4 Å². The molecule has 0 aliphatic carbocycles. The number of unbranched alkanes of at least 4 members (excludes halogenated alkanes) is 1. The Bertz CT molecular complexity index is 1720. The molecule has 10 nitrogen and oxygen atoms in total. The average molecular weight is 490 g/mol. The summed E-state index contributed by atoms with van der Waals surface area (Å²) < 4.78 is 0. The molecule has 0 aliphatic heterocycles. The van der Waals surface area contributed by atoms with E-state index in [1.165, 1.54) is 0 Å². The van der Waals surface area contributed by atoms with Gasteiger partial charge in [-0.05, 0) is 36.8 Å². The monoisotopic (exact) mass is 489 g/mol. The van der Waals surface area contributed by atoms with Crippen LogP contribution in [0.15, 0.2) is 67.4 Å². The second-order valence-corrected chi connectivity index (χ2v) is 8.66. The molecule has 6 heterocycles. The SMILES string of the molecule is CCCCC(=O)Nc1cncc(-c2cnc3[nH]nc(-c4nc5c(-c6ccccn6)ccnc5[nH]4)c3c2)c1. The first-order chi connectivity index (χ1) is 18.2. The third-order valence-electron chi connectivity index (χ3n) is 6.08. The first-order valence-electron chi connectivity index (χ1n) is 12.1. The van der Waals surface area contributed by atoms with Gasteiger partial charge in [-0.15, -0.1) is 0 Å². The molecule has 0 unspecified atom stereocenters. The zero-order valence-electron chi connectivity index (χ0n) is 20.1. The molecule has 6 aromatic heterocycles. The van der Waals surface area contributed by atoms with Crippen LogP contribution in [0.1, 0.15) is 26.2 Å². The lowest BCUT2D eigenvalue weighted by Crippen LogP contribution is -2.11. The summed E-state index contributed by atoms with van der Waals surface area (Å²) in [6, 6.07) is 11.5. The molecule has 0 saturated carbocycles. The summed E-state index contributed by atoms with van der Waals surface area (Å²) in [5.41, 5.74) is 6.65. The molecule has 3 N–H and O–H groups in total. The molecule has 0 aromatic carbocycles. The molecule has 0 bridgehead atoms. The fourth-order valence-corrected chi connectivity index (χ4v) is 4.22. The summed E-state index contributed by atoms with van der Waals surface area (Å²) in [4.78, 5) is 38.1. The fourth-order valence-electron chi connectivity index (χ4n) is 4.22. The molecule has 1 amide bonds. The van der Waals surface area contributed by atoms with Crippen LogP contribution in [0.3, 0.4) is 0 Å². The molecule has 0 saturated heterocycles. The minimum Gasteiger partial charge on any atom is -0.325 e. The van der Waals surface area contributed by atoms with E-state index in [4.69, 9.17) is 4.98 Å². The smallest absolute Gasteiger partial charge is 0.224 e. The van der Waals surface area contributed by atoms with Gasteiger partial charge in [0.15, 0.2) is 17.1 Å². The van der Waals surface area contributed by atoms with Gasteiger partial charge in [-0.2, -0.15) is 5.10 Å². The molecule has 182 valence electrons. The molecular weight excluding hydrogens is 466 g/mol. The van der Waals surface area contributed by atoms with Gasteiger partial charge in [0.05, 0.1) is 23.0 Å². The Labute approximate surface area is 211 Å². The number of H-pyrrole nitrogens is 2. The molecule has 0 spiro atoms. The Kier molecular flexibility index (Phi) is 5.81. The van der Waals surface area contributed by atoms with Crippen molar-refractivity contribution in [3.8, 4) is 33.9 Å². The van der Waals surface area contributed by atoms with Crippen molar-refractivity contribution in [1.82, 2.24) is 40.1 Å². The van der Waals surface area contributed by atoms with Crippen LogP contribution in [0.5, 0.6) is 0 Å². The third-order valence-corrected chi connectivity index (χ3v) is 6.08. The van der Waals surface area contributed by atoms with Gasteiger partial charge < -0.3 is 10.3 Å². The second-order valence-electron chi connectivity index (χ2n) is 8.66. The fraction of sp³-hybridized carbons (Fsp3) is 0.148. The maximum Gasteiger partial charge on any atom is 0.224 e. The minimum absolute atomic E-state index is 0.0185. The molecule has 0 atom stereocenters. The van der Waals surface area contributed by atoms with Crippen molar-refractivity contribution in [2.75, 3.05) is 5.32 Å². The summed E-state index contributed by atoms with van der Waals surface area (Å²) in [5.74, 6) is 0.557. The summed E-state index contributed by atoms with van der Waals surface area (Å²) in [7, 11) is 0. The Hall–Kier alpha value is -4.99. The highest BCUT2D eigenvalue weighted by Gasteiger charge is 2.17. The molecule has 6 aromatic rings. The molecule has 37 heavy (non-hydrogen) atoms. The average Bonchev–Trinajstić information content (AvgIpc) is 3.56. The lowest BCUT2D eigenvalue weighted by atomic mass is 10.1. The lowest BCUT2D eigenvalue weighted by Gasteiger charge is -2.07. The van der Waals surface area contributed by atoms with Crippen LogP contribution in [0.2, 0.25) is 0 Å². The molecule has 10 heteroatoms. The van der Waals surface area contributed by atoms with Gasteiger partial charge in [0, 0.05) is 47.9 Å². The van der Waals surface area contributed by atoms with Crippen LogP contribution in [0.4, 0.5) is 5.69 Å². The van der Waals surface area contributed by atoms with Gasteiger partial charge in [0.1, 0.15) is 11.2 Å². The quantitative estimate of drug-likeness (QED) is 0.282. The summed E-state index contributed by atoms with van der Waals surface area (Å²) in [6.07, 6.45) is 10.9. The molecular formula is C27H23N9O. The van der Waals surface area contributed by atoms with E-state index in [-0.39, 0.29) is 5.91 Å². The van der Waals surface area contributed by atoms with Crippen LogP contribution < -0.4 is 5.32 Å². The van der Waals surface area contributed by atoms with E-state index in [0.717, 1.165) is 40.6 Å². The highest BCUT2D eigenvalue weighted by molar-refractivity contribution is 5.96. The summed E-state index contributed by atoms with van der Waals surface area (Å²) in [6.45, 7) is 2.06. The number of rotatable bonds is 7. The number of aromatic nitrogens is 8. The van der Waals surface area contributed by atoms with Crippen molar-refractivity contribution in [1.29, 1.82) is 0 Å². The number of nitrogens with zero attached hydrogens (tertiary/aromatic N) is 6. The van der Waals surface area contributed by atoms with Gasteiger partial charge in [0.25, 0.3) is 0 Å². The zero-order valence-corrected chi connectivity index (χ0v) is 20.1. The number of nitrogens with one attached hydrogen (secondary N) is 3. The van der Waals surface area contributed by atoms with Crippen LogP contribution >= 0.6 is 0 Å². The number of carbonyl (C=O) groups excluding carboxylic acids is 1. The van der Waals surface area contributed by atoms with Crippen molar-refractivity contribution in [3.05, 3.63) is 67.4 Å². The number of pyridine rings is 4. The number of amides is 1. The molecule has 6 rings (SSSR count). The second kappa shape index (κ2) is 9.57. The number of hydrogen-bond donors (Lipinski definition) is 3. The number of imidazole rings is 1. The number of carbonyl (C=O) groups is 1. The first-order valence-corrected chi connectivity index (χ1v) is 12.1. The predicted molar refractivity (Wildman–Crippen MR) is 141 cm³/mol. The van der Waals surface area contributed by atoms with E-state index in [1.54, 1.807) is 31.0 Å². The standard InChI is InChI=1S/C27H23N9O/c1-2-3-7-22(37)32-18-11-16(13-28-15-18)17-12-20-24(35-36-25(20)31-14-17)27-33-23-19(8-10-30-26(23)34-27)21-6-4-5-9-29-21/h4-6,8-15H,2-3,7H2,1H3,(H,32,37)(H,30,33,34)(H,31,35,36). The Morgan fingerprint density at radius 1 is 0.973 bits per heavy atom. The van der Waals surface area contributed by atoms with E-state index in [9.17, 15) is 4.79 Å². The summed E-state index contributed by atoms with van der Waals surface area (Å²) in [5, 5.41) is 11.2. The van der Waals surface area contributed by atoms with Crippen molar-refractivity contribution in [3.63, 3.8) is 0 Å².